The van der Waals surface area contributed by atoms with Gasteiger partial charge >= 0.3 is 6.18 Å². The molecule has 0 unspecified atom stereocenters. The molecule has 1 heterocycles. The normalized spacial score (nSPS) is 11.3. The van der Waals surface area contributed by atoms with Gasteiger partial charge in [-0.15, -0.1) is 0 Å². The smallest absolute Gasteiger partial charge is 0.298 e. The third-order valence-electron chi connectivity index (χ3n) is 3.42. The monoisotopic (exact) mass is 331 g/mol. The molecule has 1 aromatic heterocycles. The summed E-state index contributed by atoms with van der Waals surface area (Å²) in [5.74, 6) is -0.489. The molecule has 0 atom stereocenters. The van der Waals surface area contributed by atoms with Gasteiger partial charge in [-0.05, 0) is 23.6 Å². The molecule has 0 aliphatic rings. The summed E-state index contributed by atoms with van der Waals surface area (Å²) >= 11 is 0. The van der Waals surface area contributed by atoms with Crippen LogP contribution in [0.25, 0.3) is 10.8 Å². The number of halogens is 3. The minimum atomic E-state index is -4.44. The van der Waals surface area contributed by atoms with Crippen LogP contribution in [0, 0.1) is 0 Å². The number of nitrogens with one attached hydrogen (secondary N) is 2. The van der Waals surface area contributed by atoms with Crippen LogP contribution in [0.5, 0.6) is 0 Å². The Morgan fingerprint density at radius 1 is 1.00 bits per heavy atom. The Morgan fingerprint density at radius 2 is 1.79 bits per heavy atom. The standard InChI is InChI=1S/C17H12F3N3O/c18-17(19,20)12-5-3-6-13(8-12)22-23-16(24)15-10-21-9-11-4-1-2-7-14(11)15/h1-10,22H,(H,23,24). The van der Waals surface area contributed by atoms with Crippen molar-refractivity contribution < 1.29 is 18.0 Å². The maximum atomic E-state index is 12.7. The van der Waals surface area contributed by atoms with E-state index in [0.717, 1.165) is 17.5 Å². The van der Waals surface area contributed by atoms with Gasteiger partial charge in [0, 0.05) is 17.8 Å². The van der Waals surface area contributed by atoms with Crippen LogP contribution in [-0.2, 0) is 6.18 Å². The molecule has 1 amide bonds. The van der Waals surface area contributed by atoms with Crippen molar-refractivity contribution >= 4 is 22.4 Å². The summed E-state index contributed by atoms with van der Waals surface area (Å²) in [5, 5.41) is 1.50. The van der Waals surface area contributed by atoms with E-state index in [4.69, 9.17) is 0 Å². The second-order valence-corrected chi connectivity index (χ2v) is 5.07. The number of pyridine rings is 1. The van der Waals surface area contributed by atoms with E-state index in [1.807, 2.05) is 12.1 Å². The van der Waals surface area contributed by atoms with Gasteiger partial charge in [-0.2, -0.15) is 13.2 Å². The van der Waals surface area contributed by atoms with E-state index in [9.17, 15) is 18.0 Å². The van der Waals surface area contributed by atoms with Crippen LogP contribution < -0.4 is 10.9 Å². The molecule has 3 rings (SSSR count). The maximum Gasteiger partial charge on any atom is 0.416 e. The van der Waals surface area contributed by atoms with Crippen LogP contribution >= 0.6 is 0 Å². The number of alkyl halides is 3. The van der Waals surface area contributed by atoms with Crippen molar-refractivity contribution in [1.29, 1.82) is 0 Å². The summed E-state index contributed by atoms with van der Waals surface area (Å²) in [6, 6.07) is 11.8. The first-order valence-electron chi connectivity index (χ1n) is 7.01. The number of amides is 1. The van der Waals surface area contributed by atoms with Crippen molar-refractivity contribution in [3.63, 3.8) is 0 Å². The number of carbonyl (C=O) groups excluding carboxylic acids is 1. The Hall–Kier alpha value is -3.09. The largest absolute Gasteiger partial charge is 0.416 e. The molecule has 2 aromatic carbocycles. The highest BCUT2D eigenvalue weighted by Gasteiger charge is 2.30. The van der Waals surface area contributed by atoms with Gasteiger partial charge in [0.15, 0.2) is 0 Å². The number of carbonyl (C=O) groups is 1. The molecule has 2 N–H and O–H groups in total. The van der Waals surface area contributed by atoms with Gasteiger partial charge in [0.1, 0.15) is 0 Å². The minimum absolute atomic E-state index is 0.131. The van der Waals surface area contributed by atoms with Crippen LogP contribution in [0.2, 0.25) is 0 Å². The van der Waals surface area contributed by atoms with Gasteiger partial charge in [-0.25, -0.2) is 0 Å². The first-order chi connectivity index (χ1) is 11.4. The Morgan fingerprint density at radius 3 is 2.58 bits per heavy atom. The van der Waals surface area contributed by atoms with E-state index in [1.54, 1.807) is 18.3 Å². The van der Waals surface area contributed by atoms with Gasteiger partial charge in [0.05, 0.1) is 16.8 Å². The second-order valence-electron chi connectivity index (χ2n) is 5.07. The molecule has 3 aromatic rings. The molecule has 0 saturated heterocycles. The van der Waals surface area contributed by atoms with Crippen molar-refractivity contribution in [3.8, 4) is 0 Å². The second kappa shape index (κ2) is 6.19. The lowest BCUT2D eigenvalue weighted by atomic mass is 10.1. The summed E-state index contributed by atoms with van der Waals surface area (Å²) in [5.41, 5.74) is 4.54. The molecule has 4 nitrogen and oxygen atoms in total. The van der Waals surface area contributed by atoms with Crippen molar-refractivity contribution in [3.05, 3.63) is 72.1 Å². The molecule has 0 bridgehead atoms. The molecular formula is C17H12F3N3O. The molecule has 0 radical (unpaired) electrons. The zero-order valence-electron chi connectivity index (χ0n) is 12.3. The van der Waals surface area contributed by atoms with Crippen LogP contribution in [0.4, 0.5) is 18.9 Å². The molecule has 24 heavy (non-hydrogen) atoms. The fraction of sp³-hybridized carbons (Fsp3) is 0.0588. The van der Waals surface area contributed by atoms with Gasteiger partial charge < -0.3 is 0 Å². The summed E-state index contributed by atoms with van der Waals surface area (Å²) in [6.07, 6.45) is -1.40. The Balaban J connectivity index is 1.78. The predicted molar refractivity (Wildman–Crippen MR) is 84.3 cm³/mol. The summed E-state index contributed by atoms with van der Waals surface area (Å²) in [7, 11) is 0. The third-order valence-corrected chi connectivity index (χ3v) is 3.42. The summed E-state index contributed by atoms with van der Waals surface area (Å²) in [6.45, 7) is 0. The van der Waals surface area contributed by atoms with Crippen molar-refractivity contribution in [2.24, 2.45) is 0 Å². The van der Waals surface area contributed by atoms with Crippen LogP contribution in [0.15, 0.2) is 60.9 Å². The van der Waals surface area contributed by atoms with E-state index in [1.165, 1.54) is 18.3 Å². The third kappa shape index (κ3) is 3.29. The highest BCUT2D eigenvalue weighted by atomic mass is 19.4. The zero-order valence-corrected chi connectivity index (χ0v) is 12.3. The fourth-order valence-electron chi connectivity index (χ4n) is 2.27. The fourth-order valence-corrected chi connectivity index (χ4v) is 2.27. The van der Waals surface area contributed by atoms with Crippen LogP contribution in [-0.4, -0.2) is 10.9 Å². The lowest BCUT2D eigenvalue weighted by Crippen LogP contribution is -2.29. The maximum absolute atomic E-state index is 12.7. The van der Waals surface area contributed by atoms with Gasteiger partial charge in [0.2, 0.25) is 0 Å². The molecule has 122 valence electrons. The number of hydrogen-bond acceptors (Lipinski definition) is 3. The predicted octanol–water partition coefficient (Wildman–Crippen LogP) is 4.01. The lowest BCUT2D eigenvalue weighted by molar-refractivity contribution is -0.137. The van der Waals surface area contributed by atoms with E-state index >= 15 is 0 Å². The van der Waals surface area contributed by atoms with Crippen molar-refractivity contribution in [2.75, 3.05) is 5.43 Å². The summed E-state index contributed by atoms with van der Waals surface area (Å²) in [4.78, 5) is 16.3. The average molecular weight is 331 g/mol. The van der Waals surface area contributed by atoms with E-state index in [0.29, 0.717) is 10.9 Å². The molecule has 0 aliphatic carbocycles. The minimum Gasteiger partial charge on any atom is -0.298 e. The van der Waals surface area contributed by atoms with Gasteiger partial charge in [-0.1, -0.05) is 30.3 Å². The number of nitrogens with zero attached hydrogens (tertiary/aromatic N) is 1. The topological polar surface area (TPSA) is 54.0 Å². The van der Waals surface area contributed by atoms with Crippen molar-refractivity contribution in [2.45, 2.75) is 6.18 Å². The Labute approximate surface area is 135 Å². The molecule has 0 fully saturated rings. The highest BCUT2D eigenvalue weighted by Crippen LogP contribution is 2.30. The molecular weight excluding hydrogens is 319 g/mol. The average Bonchev–Trinajstić information content (AvgIpc) is 2.58. The van der Waals surface area contributed by atoms with Gasteiger partial charge in [-0.3, -0.25) is 20.6 Å². The molecule has 0 aliphatic heterocycles. The Kier molecular flexibility index (Phi) is 4.07. The SMILES string of the molecule is O=C(NNc1cccc(C(F)(F)F)c1)c1cncc2ccccc12. The Bertz CT molecular complexity index is 888. The number of hydrazine groups is 1. The van der Waals surface area contributed by atoms with E-state index < -0.39 is 17.6 Å². The molecule has 7 heteroatoms. The molecule has 0 spiro atoms. The number of rotatable bonds is 3. The van der Waals surface area contributed by atoms with Gasteiger partial charge in [0.25, 0.3) is 5.91 Å². The highest BCUT2D eigenvalue weighted by molar-refractivity contribution is 6.06. The number of aromatic nitrogens is 1. The lowest BCUT2D eigenvalue weighted by Gasteiger charge is -2.12. The number of hydrogen-bond donors (Lipinski definition) is 2. The number of anilines is 1. The quantitative estimate of drug-likeness (QED) is 0.713. The van der Waals surface area contributed by atoms with E-state index in [-0.39, 0.29) is 5.69 Å². The summed E-state index contributed by atoms with van der Waals surface area (Å²) < 4.78 is 38.0. The van der Waals surface area contributed by atoms with Crippen LogP contribution in [0.3, 0.4) is 0 Å². The zero-order chi connectivity index (χ0) is 17.2. The van der Waals surface area contributed by atoms with E-state index in [2.05, 4.69) is 15.8 Å². The first-order valence-corrected chi connectivity index (χ1v) is 7.01. The molecule has 0 saturated carbocycles. The van der Waals surface area contributed by atoms with Crippen LogP contribution in [0.1, 0.15) is 15.9 Å². The number of benzene rings is 2. The first kappa shape index (κ1) is 15.8. The van der Waals surface area contributed by atoms with Crippen molar-refractivity contribution in [1.82, 2.24) is 10.4 Å². The number of fused-ring (bicyclic) bond motifs is 1.